The SMILES string of the molecule is CCCCCCCC/C=C\CCCCCCCCCC(=O)NC(CS(=O)(=O)O)C(O)/C=C/CC/C=C/CC/C=C/CCCCCCCCCC. The molecular weight excluding hydrogens is 643 g/mol. The van der Waals surface area contributed by atoms with Crippen LogP contribution in [0.25, 0.3) is 0 Å². The summed E-state index contributed by atoms with van der Waals surface area (Å²) in [7, 11) is -4.36. The van der Waals surface area contributed by atoms with Crippen molar-refractivity contribution in [1.29, 1.82) is 0 Å². The van der Waals surface area contributed by atoms with Crippen LogP contribution in [-0.2, 0) is 14.9 Å². The average Bonchev–Trinajstić information content (AvgIpc) is 3.08. The molecular formula is C43H79NO5S. The summed E-state index contributed by atoms with van der Waals surface area (Å²) in [4.78, 5) is 12.5. The van der Waals surface area contributed by atoms with Gasteiger partial charge in [-0.2, -0.15) is 8.42 Å². The van der Waals surface area contributed by atoms with Crippen molar-refractivity contribution in [2.24, 2.45) is 0 Å². The maximum atomic E-state index is 12.5. The second kappa shape index (κ2) is 37.1. The summed E-state index contributed by atoms with van der Waals surface area (Å²) in [6.45, 7) is 4.51. The van der Waals surface area contributed by atoms with Gasteiger partial charge in [-0.05, 0) is 70.6 Å². The van der Waals surface area contributed by atoms with E-state index in [1.807, 2.05) is 0 Å². The molecule has 0 spiro atoms. The maximum Gasteiger partial charge on any atom is 0.267 e. The number of rotatable bonds is 37. The highest BCUT2D eigenvalue weighted by atomic mass is 32.2. The molecule has 7 heteroatoms. The zero-order valence-corrected chi connectivity index (χ0v) is 33.3. The van der Waals surface area contributed by atoms with Gasteiger partial charge in [-0.25, -0.2) is 0 Å². The standard InChI is InChI=1S/C43H79NO5S/c1-3-5-7-9-11-13-15-17-19-21-23-24-26-28-30-32-34-36-38-42(45)41(40-50(47,48)49)44-43(46)39-37-35-33-31-29-27-25-22-20-18-16-14-12-10-8-6-4-2/h18,20-21,23,28,30,36,38,41-42,45H,3-17,19,22,24-27,29,31-35,37,39-40H2,1-2H3,(H,44,46)(H,47,48,49)/b20-18-,23-21+,30-28+,38-36+. The number of carbonyl (C=O) groups is 1. The van der Waals surface area contributed by atoms with Crippen molar-refractivity contribution < 1.29 is 22.9 Å². The van der Waals surface area contributed by atoms with E-state index in [9.17, 15) is 22.9 Å². The van der Waals surface area contributed by atoms with E-state index in [0.29, 0.717) is 6.42 Å². The molecule has 0 aliphatic heterocycles. The van der Waals surface area contributed by atoms with Crippen molar-refractivity contribution in [3.05, 3.63) is 48.6 Å². The zero-order valence-electron chi connectivity index (χ0n) is 32.5. The molecule has 0 rings (SSSR count). The molecule has 0 radical (unpaired) electrons. The van der Waals surface area contributed by atoms with Crippen LogP contribution in [0.4, 0.5) is 0 Å². The molecule has 2 unspecified atom stereocenters. The van der Waals surface area contributed by atoms with Crippen LogP contribution in [0.15, 0.2) is 48.6 Å². The molecule has 0 bridgehead atoms. The predicted octanol–water partition coefficient (Wildman–Crippen LogP) is 12.3. The number of aliphatic hydroxyl groups is 1. The van der Waals surface area contributed by atoms with Gasteiger partial charge in [0.25, 0.3) is 10.1 Å². The summed E-state index contributed by atoms with van der Waals surface area (Å²) < 4.78 is 32.5. The number of unbranched alkanes of at least 4 members (excludes halogenated alkanes) is 23. The Morgan fingerprint density at radius 1 is 0.520 bits per heavy atom. The normalized spacial score (nSPS) is 13.8. The second-order valence-corrected chi connectivity index (χ2v) is 15.7. The molecule has 0 aliphatic carbocycles. The molecule has 0 aromatic rings. The highest BCUT2D eigenvalue weighted by Crippen LogP contribution is 2.13. The first-order valence-electron chi connectivity index (χ1n) is 20.8. The minimum absolute atomic E-state index is 0.279. The van der Waals surface area contributed by atoms with E-state index in [0.717, 1.165) is 51.4 Å². The van der Waals surface area contributed by atoms with E-state index >= 15 is 0 Å². The summed E-state index contributed by atoms with van der Waals surface area (Å²) in [5.74, 6) is -1.01. The Morgan fingerprint density at radius 2 is 0.860 bits per heavy atom. The molecule has 0 aromatic heterocycles. The largest absolute Gasteiger partial charge is 0.387 e. The van der Waals surface area contributed by atoms with Gasteiger partial charge in [0.2, 0.25) is 5.91 Å². The van der Waals surface area contributed by atoms with Crippen LogP contribution in [0.3, 0.4) is 0 Å². The molecule has 0 saturated carbocycles. The third-order valence-electron chi connectivity index (χ3n) is 9.21. The highest BCUT2D eigenvalue weighted by molar-refractivity contribution is 7.85. The minimum Gasteiger partial charge on any atom is -0.387 e. The molecule has 2 atom stereocenters. The van der Waals surface area contributed by atoms with Crippen LogP contribution < -0.4 is 5.32 Å². The molecule has 6 nitrogen and oxygen atoms in total. The van der Waals surface area contributed by atoms with E-state index in [1.54, 1.807) is 6.08 Å². The molecule has 0 aromatic carbocycles. The molecule has 0 fully saturated rings. The Hall–Kier alpha value is -1.70. The quantitative estimate of drug-likeness (QED) is 0.0336. The van der Waals surface area contributed by atoms with Crippen molar-refractivity contribution in [3.63, 3.8) is 0 Å². The van der Waals surface area contributed by atoms with E-state index in [4.69, 9.17) is 0 Å². The van der Waals surface area contributed by atoms with Gasteiger partial charge in [0.05, 0.1) is 17.9 Å². The van der Waals surface area contributed by atoms with Crippen molar-refractivity contribution in [2.45, 2.75) is 212 Å². The summed E-state index contributed by atoms with van der Waals surface area (Å²) >= 11 is 0. The van der Waals surface area contributed by atoms with Crippen LogP contribution in [-0.4, -0.2) is 41.9 Å². The zero-order chi connectivity index (χ0) is 36.8. The second-order valence-electron chi connectivity index (χ2n) is 14.2. The lowest BCUT2D eigenvalue weighted by molar-refractivity contribution is -0.122. The van der Waals surface area contributed by atoms with Gasteiger partial charge in [0, 0.05) is 6.42 Å². The first-order valence-corrected chi connectivity index (χ1v) is 22.4. The number of hydrogen-bond donors (Lipinski definition) is 3. The molecule has 0 saturated heterocycles. The third kappa shape index (κ3) is 37.6. The van der Waals surface area contributed by atoms with Crippen LogP contribution in [0.1, 0.15) is 200 Å². The number of amides is 1. The number of allylic oxidation sites excluding steroid dienone is 7. The first-order chi connectivity index (χ1) is 24.3. The van der Waals surface area contributed by atoms with Crippen LogP contribution in [0.2, 0.25) is 0 Å². The van der Waals surface area contributed by atoms with Crippen molar-refractivity contribution >= 4 is 16.0 Å². The summed E-state index contributed by atoms with van der Waals surface area (Å²) in [6, 6.07) is -1.08. The van der Waals surface area contributed by atoms with Crippen molar-refractivity contribution in [2.75, 3.05) is 5.75 Å². The van der Waals surface area contributed by atoms with Gasteiger partial charge < -0.3 is 10.4 Å². The monoisotopic (exact) mass is 722 g/mol. The van der Waals surface area contributed by atoms with Gasteiger partial charge in [-0.15, -0.1) is 0 Å². The fraction of sp³-hybridized carbons (Fsp3) is 0.791. The van der Waals surface area contributed by atoms with E-state index in [2.05, 4.69) is 55.6 Å². The predicted molar refractivity (Wildman–Crippen MR) is 216 cm³/mol. The molecule has 0 heterocycles. The summed E-state index contributed by atoms with van der Waals surface area (Å²) in [6.07, 6.45) is 49.5. The Labute approximate surface area is 309 Å². The first kappa shape index (κ1) is 48.3. The van der Waals surface area contributed by atoms with Crippen molar-refractivity contribution in [3.8, 4) is 0 Å². The lowest BCUT2D eigenvalue weighted by Crippen LogP contribution is -2.46. The molecule has 0 aliphatic rings. The number of aliphatic hydroxyl groups excluding tert-OH is 1. The Morgan fingerprint density at radius 3 is 1.26 bits per heavy atom. The molecule has 3 N–H and O–H groups in total. The smallest absolute Gasteiger partial charge is 0.267 e. The Bertz CT molecular complexity index is 972. The highest BCUT2D eigenvalue weighted by Gasteiger charge is 2.24. The summed E-state index contributed by atoms with van der Waals surface area (Å²) in [5.41, 5.74) is 0. The maximum absolute atomic E-state index is 12.5. The average molecular weight is 722 g/mol. The van der Waals surface area contributed by atoms with Crippen LogP contribution in [0.5, 0.6) is 0 Å². The fourth-order valence-corrected chi connectivity index (χ4v) is 6.80. The Kier molecular flexibility index (Phi) is 35.8. The van der Waals surface area contributed by atoms with Gasteiger partial charge >= 0.3 is 0 Å². The number of nitrogens with one attached hydrogen (secondary N) is 1. The van der Waals surface area contributed by atoms with Gasteiger partial charge in [-0.1, -0.05) is 172 Å². The number of carbonyl (C=O) groups excluding carboxylic acids is 1. The van der Waals surface area contributed by atoms with E-state index in [1.165, 1.54) is 128 Å². The molecule has 50 heavy (non-hydrogen) atoms. The number of hydrogen-bond acceptors (Lipinski definition) is 4. The summed E-state index contributed by atoms with van der Waals surface area (Å²) in [5, 5.41) is 13.2. The van der Waals surface area contributed by atoms with Crippen molar-refractivity contribution in [1.82, 2.24) is 5.32 Å². The van der Waals surface area contributed by atoms with E-state index in [-0.39, 0.29) is 12.3 Å². The van der Waals surface area contributed by atoms with E-state index < -0.39 is 28.0 Å². The minimum atomic E-state index is -4.36. The topological polar surface area (TPSA) is 104 Å². The third-order valence-corrected chi connectivity index (χ3v) is 9.99. The molecule has 292 valence electrons. The Balaban J connectivity index is 4.01. The van der Waals surface area contributed by atoms with Gasteiger partial charge in [0.1, 0.15) is 0 Å². The lowest BCUT2D eigenvalue weighted by Gasteiger charge is -2.21. The van der Waals surface area contributed by atoms with Gasteiger partial charge in [0.15, 0.2) is 0 Å². The fourth-order valence-electron chi connectivity index (χ4n) is 6.06. The van der Waals surface area contributed by atoms with Crippen LogP contribution in [0, 0.1) is 0 Å². The molecule has 1 amide bonds. The van der Waals surface area contributed by atoms with Crippen LogP contribution >= 0.6 is 0 Å². The lowest BCUT2D eigenvalue weighted by atomic mass is 10.1. The van der Waals surface area contributed by atoms with Gasteiger partial charge in [-0.3, -0.25) is 9.35 Å².